The van der Waals surface area contributed by atoms with Crippen molar-refractivity contribution in [2.24, 2.45) is 5.92 Å². The van der Waals surface area contributed by atoms with Crippen LogP contribution in [0.1, 0.15) is 39.0 Å². The molecule has 1 rings (SSSR count). The predicted molar refractivity (Wildman–Crippen MR) is 68.6 cm³/mol. The first-order valence-electron chi connectivity index (χ1n) is 6.90. The Labute approximate surface area is 100 Å². The summed E-state index contributed by atoms with van der Waals surface area (Å²) in [6.45, 7) is 8.58. The fourth-order valence-corrected chi connectivity index (χ4v) is 2.45. The molecule has 0 bridgehead atoms. The van der Waals surface area contributed by atoms with Crippen LogP contribution in [-0.4, -0.2) is 49.3 Å². The van der Waals surface area contributed by atoms with Crippen molar-refractivity contribution in [3.8, 4) is 0 Å². The Morgan fingerprint density at radius 3 is 3.00 bits per heavy atom. The second-order valence-corrected chi connectivity index (χ2v) is 4.94. The fourth-order valence-electron chi connectivity index (χ4n) is 2.45. The zero-order valence-electron chi connectivity index (χ0n) is 10.7. The third-order valence-corrected chi connectivity index (χ3v) is 3.35. The topological polar surface area (TPSA) is 35.5 Å². The Balaban J connectivity index is 2.09. The smallest absolute Gasteiger partial charge is 0.0431 e. The van der Waals surface area contributed by atoms with Gasteiger partial charge in [-0.2, -0.15) is 0 Å². The minimum Gasteiger partial charge on any atom is -0.396 e. The summed E-state index contributed by atoms with van der Waals surface area (Å²) >= 11 is 0. The molecule has 0 saturated carbocycles. The SMILES string of the molecule is CCCNCC1CCCN(CCCCO)C1. The van der Waals surface area contributed by atoms with Crippen molar-refractivity contribution >= 4 is 0 Å². The van der Waals surface area contributed by atoms with Crippen molar-refractivity contribution in [3.05, 3.63) is 0 Å². The maximum Gasteiger partial charge on any atom is 0.0431 e. The second kappa shape index (κ2) is 8.97. The van der Waals surface area contributed by atoms with Gasteiger partial charge in [0.05, 0.1) is 0 Å². The summed E-state index contributed by atoms with van der Waals surface area (Å²) in [5, 5.41) is 12.3. The quantitative estimate of drug-likeness (QED) is 0.618. The zero-order chi connectivity index (χ0) is 11.6. The van der Waals surface area contributed by atoms with E-state index in [9.17, 15) is 0 Å². The number of nitrogens with zero attached hydrogens (tertiary/aromatic N) is 1. The third kappa shape index (κ3) is 5.83. The standard InChI is InChI=1S/C13H28N2O/c1-2-7-14-11-13-6-5-9-15(12-13)8-3-4-10-16/h13-14,16H,2-12H2,1H3. The van der Waals surface area contributed by atoms with Crippen LogP contribution in [0.5, 0.6) is 0 Å². The molecule has 0 radical (unpaired) electrons. The number of nitrogens with one attached hydrogen (secondary N) is 1. The molecule has 0 spiro atoms. The maximum atomic E-state index is 8.76. The molecule has 96 valence electrons. The minimum absolute atomic E-state index is 0.343. The van der Waals surface area contributed by atoms with Gasteiger partial charge >= 0.3 is 0 Å². The summed E-state index contributed by atoms with van der Waals surface area (Å²) in [5.41, 5.74) is 0. The molecular formula is C13H28N2O. The van der Waals surface area contributed by atoms with Crippen molar-refractivity contribution in [1.29, 1.82) is 0 Å². The van der Waals surface area contributed by atoms with Gasteiger partial charge in [-0.1, -0.05) is 6.92 Å². The van der Waals surface area contributed by atoms with Crippen LogP contribution >= 0.6 is 0 Å². The van der Waals surface area contributed by atoms with E-state index in [-0.39, 0.29) is 0 Å². The Kier molecular flexibility index (Phi) is 7.81. The average Bonchev–Trinajstić information content (AvgIpc) is 2.30. The Bertz CT molecular complexity index is 148. The average molecular weight is 228 g/mol. The highest BCUT2D eigenvalue weighted by Gasteiger charge is 2.18. The van der Waals surface area contributed by atoms with Gasteiger partial charge in [-0.3, -0.25) is 0 Å². The van der Waals surface area contributed by atoms with Crippen LogP contribution in [0.25, 0.3) is 0 Å². The molecule has 3 nitrogen and oxygen atoms in total. The molecule has 0 aromatic rings. The number of piperidine rings is 1. The lowest BCUT2D eigenvalue weighted by molar-refractivity contribution is 0.165. The third-order valence-electron chi connectivity index (χ3n) is 3.35. The van der Waals surface area contributed by atoms with Crippen molar-refractivity contribution in [2.75, 3.05) is 39.3 Å². The molecule has 3 heteroatoms. The minimum atomic E-state index is 0.343. The lowest BCUT2D eigenvalue weighted by Gasteiger charge is -2.32. The molecule has 16 heavy (non-hydrogen) atoms. The summed E-state index contributed by atoms with van der Waals surface area (Å²) in [4.78, 5) is 2.57. The van der Waals surface area contributed by atoms with Crippen LogP contribution in [0.2, 0.25) is 0 Å². The molecule has 0 amide bonds. The highest BCUT2D eigenvalue weighted by atomic mass is 16.2. The van der Waals surface area contributed by atoms with E-state index in [0.29, 0.717) is 6.61 Å². The highest BCUT2D eigenvalue weighted by Crippen LogP contribution is 2.16. The van der Waals surface area contributed by atoms with Gasteiger partial charge in [-0.15, -0.1) is 0 Å². The van der Waals surface area contributed by atoms with Gasteiger partial charge in [0.25, 0.3) is 0 Å². The number of likely N-dealkylation sites (tertiary alicyclic amines) is 1. The highest BCUT2D eigenvalue weighted by molar-refractivity contribution is 4.74. The molecule has 0 aliphatic carbocycles. The lowest BCUT2D eigenvalue weighted by Crippen LogP contribution is -2.40. The summed E-state index contributed by atoms with van der Waals surface area (Å²) in [6.07, 6.45) is 6.05. The van der Waals surface area contributed by atoms with Crippen LogP contribution in [0.4, 0.5) is 0 Å². The molecule has 0 aromatic carbocycles. The van der Waals surface area contributed by atoms with E-state index in [1.165, 1.54) is 45.4 Å². The van der Waals surface area contributed by atoms with Crippen molar-refractivity contribution in [2.45, 2.75) is 39.0 Å². The van der Waals surface area contributed by atoms with Gasteiger partial charge in [0.2, 0.25) is 0 Å². The van der Waals surface area contributed by atoms with Gasteiger partial charge in [0.1, 0.15) is 0 Å². The Hall–Kier alpha value is -0.120. The van der Waals surface area contributed by atoms with Crippen LogP contribution in [0.15, 0.2) is 0 Å². The van der Waals surface area contributed by atoms with E-state index in [2.05, 4.69) is 17.1 Å². The predicted octanol–water partition coefficient (Wildman–Crippen LogP) is 1.47. The molecule has 1 aliphatic rings. The number of rotatable bonds is 8. The summed E-state index contributed by atoms with van der Waals surface area (Å²) in [5.74, 6) is 0.842. The maximum absolute atomic E-state index is 8.76. The first kappa shape index (κ1) is 13.9. The van der Waals surface area contributed by atoms with Crippen molar-refractivity contribution in [1.82, 2.24) is 10.2 Å². The van der Waals surface area contributed by atoms with E-state index in [4.69, 9.17) is 5.11 Å². The van der Waals surface area contributed by atoms with Gasteiger partial charge in [-0.25, -0.2) is 0 Å². The summed E-state index contributed by atoms with van der Waals surface area (Å²) in [6, 6.07) is 0. The number of aliphatic hydroxyl groups excluding tert-OH is 1. The molecule has 1 saturated heterocycles. The number of hydrogen-bond donors (Lipinski definition) is 2. The summed E-state index contributed by atoms with van der Waals surface area (Å²) < 4.78 is 0. The van der Waals surface area contributed by atoms with Gasteiger partial charge < -0.3 is 15.3 Å². The van der Waals surface area contributed by atoms with E-state index in [1.54, 1.807) is 0 Å². The molecular weight excluding hydrogens is 200 g/mol. The van der Waals surface area contributed by atoms with E-state index >= 15 is 0 Å². The molecule has 1 heterocycles. The molecule has 1 unspecified atom stereocenters. The number of hydrogen-bond acceptors (Lipinski definition) is 3. The Morgan fingerprint density at radius 1 is 1.38 bits per heavy atom. The van der Waals surface area contributed by atoms with Crippen LogP contribution < -0.4 is 5.32 Å². The zero-order valence-corrected chi connectivity index (χ0v) is 10.7. The van der Waals surface area contributed by atoms with Crippen LogP contribution in [-0.2, 0) is 0 Å². The van der Waals surface area contributed by atoms with Crippen molar-refractivity contribution < 1.29 is 5.11 Å². The molecule has 1 atom stereocenters. The fraction of sp³-hybridized carbons (Fsp3) is 1.00. The normalized spacial score (nSPS) is 22.5. The van der Waals surface area contributed by atoms with Gasteiger partial charge in [0.15, 0.2) is 0 Å². The van der Waals surface area contributed by atoms with E-state index in [1.807, 2.05) is 0 Å². The van der Waals surface area contributed by atoms with Crippen molar-refractivity contribution in [3.63, 3.8) is 0 Å². The molecule has 0 aromatic heterocycles. The number of aliphatic hydroxyl groups is 1. The largest absolute Gasteiger partial charge is 0.396 e. The lowest BCUT2D eigenvalue weighted by atomic mass is 9.97. The molecule has 1 fully saturated rings. The second-order valence-electron chi connectivity index (χ2n) is 4.94. The molecule has 2 N–H and O–H groups in total. The molecule has 1 aliphatic heterocycles. The van der Waals surface area contributed by atoms with Crippen LogP contribution in [0.3, 0.4) is 0 Å². The first-order valence-corrected chi connectivity index (χ1v) is 6.90. The number of unbranched alkanes of at least 4 members (excludes halogenated alkanes) is 1. The monoisotopic (exact) mass is 228 g/mol. The first-order chi connectivity index (χ1) is 7.86. The Morgan fingerprint density at radius 2 is 2.25 bits per heavy atom. The van der Waals surface area contributed by atoms with Gasteiger partial charge in [0, 0.05) is 13.2 Å². The van der Waals surface area contributed by atoms with Gasteiger partial charge in [-0.05, 0) is 64.2 Å². The van der Waals surface area contributed by atoms with E-state index < -0.39 is 0 Å². The van der Waals surface area contributed by atoms with Crippen LogP contribution in [0, 0.1) is 5.92 Å². The summed E-state index contributed by atoms with van der Waals surface area (Å²) in [7, 11) is 0. The van der Waals surface area contributed by atoms with E-state index in [0.717, 1.165) is 25.3 Å².